The minimum absolute atomic E-state index is 0.417. The van der Waals surface area contributed by atoms with Crippen LogP contribution in [0.5, 0.6) is 0 Å². The summed E-state index contributed by atoms with van der Waals surface area (Å²) in [5.41, 5.74) is 3.54. The molecular formula is C16H28O2Si. The van der Waals surface area contributed by atoms with Crippen molar-refractivity contribution >= 4 is 13.9 Å². The zero-order valence-electron chi connectivity index (χ0n) is 12.8. The number of hydrogen-bond acceptors (Lipinski definition) is 2. The minimum atomic E-state index is -1.30. The van der Waals surface area contributed by atoms with Crippen LogP contribution in [0.1, 0.15) is 46.5 Å². The summed E-state index contributed by atoms with van der Waals surface area (Å²) in [5, 5.41) is 0. The van der Waals surface area contributed by atoms with Crippen molar-refractivity contribution in [1.82, 2.24) is 0 Å². The number of ether oxygens (including phenoxy) is 1. The summed E-state index contributed by atoms with van der Waals surface area (Å²) < 4.78 is 5.67. The molecule has 3 heteroatoms. The Morgan fingerprint density at radius 3 is 2.26 bits per heavy atom. The summed E-state index contributed by atoms with van der Waals surface area (Å²) in [7, 11) is -1.30. The second-order valence-electron chi connectivity index (χ2n) is 5.64. The number of rotatable bonds is 6. The largest absolute Gasteiger partial charge is 0.369 e. The van der Waals surface area contributed by atoms with E-state index in [1.165, 1.54) is 18.1 Å². The first-order valence-electron chi connectivity index (χ1n) is 7.75. The maximum atomic E-state index is 11.1. The predicted octanol–water partition coefficient (Wildman–Crippen LogP) is 3.81. The third-order valence-corrected chi connectivity index (χ3v) is 9.34. The van der Waals surface area contributed by atoms with Gasteiger partial charge in [0.05, 0.1) is 6.61 Å². The molecule has 1 rings (SSSR count). The van der Waals surface area contributed by atoms with Crippen LogP contribution in [0.25, 0.3) is 0 Å². The van der Waals surface area contributed by atoms with Crippen LogP contribution in [0, 0.1) is 17.4 Å². The van der Waals surface area contributed by atoms with E-state index in [0.29, 0.717) is 18.3 Å². The highest BCUT2D eigenvalue weighted by Gasteiger charge is 2.24. The van der Waals surface area contributed by atoms with Gasteiger partial charge >= 0.3 is 0 Å². The van der Waals surface area contributed by atoms with Gasteiger partial charge in [-0.3, -0.25) is 4.79 Å². The van der Waals surface area contributed by atoms with Gasteiger partial charge < -0.3 is 4.74 Å². The first-order chi connectivity index (χ1) is 9.15. The summed E-state index contributed by atoms with van der Waals surface area (Å²) in [5.74, 6) is 4.24. The number of ketones is 1. The van der Waals surface area contributed by atoms with Gasteiger partial charge in [-0.25, -0.2) is 0 Å². The lowest BCUT2D eigenvalue weighted by Gasteiger charge is -2.21. The van der Waals surface area contributed by atoms with E-state index >= 15 is 0 Å². The SMILES string of the molecule is CC[Si](C#CCOCC1CCC(=O)CC1)(CC)CC. The highest BCUT2D eigenvalue weighted by molar-refractivity contribution is 6.87. The maximum Gasteiger partial charge on any atom is 0.137 e. The van der Waals surface area contributed by atoms with Gasteiger partial charge in [-0.2, -0.15) is 0 Å². The predicted molar refractivity (Wildman–Crippen MR) is 82.8 cm³/mol. The highest BCUT2D eigenvalue weighted by atomic mass is 28.3. The van der Waals surface area contributed by atoms with E-state index in [0.717, 1.165) is 32.3 Å². The molecule has 0 heterocycles. The van der Waals surface area contributed by atoms with Crippen LogP contribution in [0.2, 0.25) is 18.1 Å². The Balaban J connectivity index is 2.25. The van der Waals surface area contributed by atoms with Crippen LogP contribution >= 0.6 is 0 Å². The van der Waals surface area contributed by atoms with E-state index in [4.69, 9.17) is 4.74 Å². The fourth-order valence-corrected chi connectivity index (χ4v) is 5.16. The lowest BCUT2D eigenvalue weighted by Crippen LogP contribution is -2.29. The van der Waals surface area contributed by atoms with Crippen molar-refractivity contribution in [3.05, 3.63) is 0 Å². The molecule has 19 heavy (non-hydrogen) atoms. The fraction of sp³-hybridized carbons (Fsp3) is 0.812. The molecule has 0 saturated heterocycles. The molecule has 0 radical (unpaired) electrons. The topological polar surface area (TPSA) is 26.3 Å². The first kappa shape index (κ1) is 16.5. The molecule has 2 nitrogen and oxygen atoms in total. The average molecular weight is 280 g/mol. The molecule has 0 bridgehead atoms. The molecule has 1 aliphatic rings. The third-order valence-electron chi connectivity index (χ3n) is 4.57. The molecule has 0 atom stereocenters. The lowest BCUT2D eigenvalue weighted by molar-refractivity contribution is -0.121. The second-order valence-corrected chi connectivity index (χ2v) is 10.6. The molecule has 1 fully saturated rings. The zero-order valence-corrected chi connectivity index (χ0v) is 13.8. The van der Waals surface area contributed by atoms with Crippen LogP contribution in [-0.2, 0) is 9.53 Å². The number of Topliss-reactive ketones (excluding diaryl/α,β-unsaturated/α-hetero) is 1. The van der Waals surface area contributed by atoms with E-state index in [2.05, 4.69) is 32.2 Å². The quantitative estimate of drug-likeness (QED) is 0.420. The van der Waals surface area contributed by atoms with Gasteiger partial charge in [0.1, 0.15) is 20.5 Å². The molecule has 108 valence electrons. The fourth-order valence-electron chi connectivity index (χ4n) is 2.68. The summed E-state index contributed by atoms with van der Waals surface area (Å²) in [6.07, 6.45) is 3.50. The van der Waals surface area contributed by atoms with Crippen molar-refractivity contribution in [2.75, 3.05) is 13.2 Å². The summed E-state index contributed by atoms with van der Waals surface area (Å²) >= 11 is 0. The van der Waals surface area contributed by atoms with Crippen LogP contribution in [0.4, 0.5) is 0 Å². The Hall–Kier alpha value is -0.593. The molecule has 0 unspecified atom stereocenters. The molecular weight excluding hydrogens is 252 g/mol. The van der Waals surface area contributed by atoms with E-state index in [1.807, 2.05) is 0 Å². The molecule has 1 aliphatic carbocycles. The van der Waals surface area contributed by atoms with Crippen LogP contribution in [0.3, 0.4) is 0 Å². The molecule has 0 aromatic rings. The van der Waals surface area contributed by atoms with Crippen LogP contribution in [-0.4, -0.2) is 27.1 Å². The van der Waals surface area contributed by atoms with E-state index in [-0.39, 0.29) is 0 Å². The summed E-state index contributed by atoms with van der Waals surface area (Å²) in [6, 6.07) is 3.74. The molecule has 1 saturated carbocycles. The van der Waals surface area contributed by atoms with Gasteiger partial charge in [0, 0.05) is 12.8 Å². The van der Waals surface area contributed by atoms with Crippen molar-refractivity contribution in [2.24, 2.45) is 5.92 Å². The van der Waals surface area contributed by atoms with Gasteiger partial charge in [-0.1, -0.05) is 26.7 Å². The van der Waals surface area contributed by atoms with Gasteiger partial charge in [0.15, 0.2) is 0 Å². The normalized spacial score (nSPS) is 17.1. The summed E-state index contributed by atoms with van der Waals surface area (Å²) in [6.45, 7) is 8.16. The Morgan fingerprint density at radius 2 is 1.74 bits per heavy atom. The standard InChI is InChI=1S/C16H28O2Si/c1-4-19(5-2,6-3)13-7-12-18-14-15-8-10-16(17)11-9-15/h15H,4-6,8-12,14H2,1-3H3. The van der Waals surface area contributed by atoms with Crippen LogP contribution < -0.4 is 0 Å². The van der Waals surface area contributed by atoms with Crippen molar-refractivity contribution in [3.8, 4) is 11.5 Å². The van der Waals surface area contributed by atoms with Gasteiger partial charge in [-0.15, -0.1) is 5.54 Å². The Kier molecular flexibility index (Phi) is 7.41. The highest BCUT2D eigenvalue weighted by Crippen LogP contribution is 2.21. The lowest BCUT2D eigenvalue weighted by atomic mass is 9.89. The van der Waals surface area contributed by atoms with Crippen molar-refractivity contribution in [3.63, 3.8) is 0 Å². The number of hydrogen-bond donors (Lipinski definition) is 0. The second kappa shape index (κ2) is 8.55. The summed E-state index contributed by atoms with van der Waals surface area (Å²) in [4.78, 5) is 11.1. The Bertz CT molecular complexity index is 318. The van der Waals surface area contributed by atoms with E-state index in [9.17, 15) is 4.79 Å². The molecule has 0 amide bonds. The average Bonchev–Trinajstić information content (AvgIpc) is 2.45. The van der Waals surface area contributed by atoms with Gasteiger partial charge in [0.25, 0.3) is 0 Å². The van der Waals surface area contributed by atoms with Gasteiger partial charge in [0.2, 0.25) is 0 Å². The smallest absolute Gasteiger partial charge is 0.137 e. The molecule has 0 N–H and O–H groups in total. The zero-order chi connectivity index (χ0) is 14.1. The molecule has 0 spiro atoms. The van der Waals surface area contributed by atoms with Crippen molar-refractivity contribution in [2.45, 2.75) is 64.6 Å². The van der Waals surface area contributed by atoms with E-state index in [1.54, 1.807) is 0 Å². The first-order valence-corrected chi connectivity index (χ1v) is 10.4. The third kappa shape index (κ3) is 5.50. The molecule has 0 aromatic carbocycles. The monoisotopic (exact) mass is 280 g/mol. The Labute approximate surface area is 119 Å². The minimum Gasteiger partial charge on any atom is -0.369 e. The van der Waals surface area contributed by atoms with Crippen LogP contribution in [0.15, 0.2) is 0 Å². The van der Waals surface area contributed by atoms with E-state index < -0.39 is 8.07 Å². The molecule has 0 aliphatic heterocycles. The number of carbonyl (C=O) groups excluding carboxylic acids is 1. The maximum absolute atomic E-state index is 11.1. The number of carbonyl (C=O) groups is 1. The van der Waals surface area contributed by atoms with Crippen molar-refractivity contribution < 1.29 is 9.53 Å². The van der Waals surface area contributed by atoms with Gasteiger partial charge in [-0.05, 0) is 36.9 Å². The molecule has 0 aromatic heterocycles. The van der Waals surface area contributed by atoms with Crippen molar-refractivity contribution in [1.29, 1.82) is 0 Å². The Morgan fingerprint density at radius 1 is 1.16 bits per heavy atom.